The van der Waals surface area contributed by atoms with Gasteiger partial charge in [0.2, 0.25) is 11.9 Å². The third kappa shape index (κ3) is 8.45. The standard InChI is InChI=1S/C6H6N3.BF4/c1-9-3-2-8-6(4-7)5-9;2-1(3,4)5/h2-3,5H,1H3;/q+1;-1. The molecule has 0 saturated carbocycles. The van der Waals surface area contributed by atoms with Gasteiger partial charge >= 0.3 is 7.25 Å². The predicted molar refractivity (Wildman–Crippen MR) is 40.3 cm³/mol. The zero-order valence-corrected chi connectivity index (χ0v) is 7.16. The Morgan fingerprint density at radius 3 is 2.21 bits per heavy atom. The van der Waals surface area contributed by atoms with Crippen molar-refractivity contribution in [3.8, 4) is 6.07 Å². The van der Waals surface area contributed by atoms with E-state index in [-0.39, 0.29) is 0 Å². The van der Waals surface area contributed by atoms with E-state index in [4.69, 9.17) is 5.26 Å². The van der Waals surface area contributed by atoms with Gasteiger partial charge in [0.25, 0.3) is 0 Å². The molecule has 14 heavy (non-hydrogen) atoms. The molecule has 3 nitrogen and oxygen atoms in total. The highest BCUT2D eigenvalue weighted by Crippen LogP contribution is 2.06. The summed E-state index contributed by atoms with van der Waals surface area (Å²) < 4.78 is 40.8. The number of nitriles is 1. The van der Waals surface area contributed by atoms with Crippen LogP contribution in [0.1, 0.15) is 5.69 Å². The molecule has 0 radical (unpaired) electrons. The van der Waals surface area contributed by atoms with Gasteiger partial charge in [0.1, 0.15) is 13.1 Å². The molecular weight excluding hydrogens is 201 g/mol. The van der Waals surface area contributed by atoms with Gasteiger partial charge in [-0.2, -0.15) is 5.26 Å². The first-order chi connectivity index (χ1) is 6.33. The maximum absolute atomic E-state index is 9.75. The smallest absolute Gasteiger partial charge is 0.418 e. The van der Waals surface area contributed by atoms with Crippen LogP contribution in [0.15, 0.2) is 18.6 Å². The van der Waals surface area contributed by atoms with Gasteiger partial charge in [-0.1, -0.05) is 0 Å². The largest absolute Gasteiger partial charge is 0.673 e. The molecule has 0 amide bonds. The van der Waals surface area contributed by atoms with E-state index >= 15 is 0 Å². The van der Waals surface area contributed by atoms with E-state index in [2.05, 4.69) is 4.98 Å². The van der Waals surface area contributed by atoms with Gasteiger partial charge < -0.3 is 17.3 Å². The summed E-state index contributed by atoms with van der Waals surface area (Å²) in [7, 11) is -4.15. The number of hydrogen-bond donors (Lipinski definition) is 0. The zero-order chi connectivity index (χ0) is 11.2. The lowest BCUT2D eigenvalue weighted by atomic mass is 10.3. The maximum Gasteiger partial charge on any atom is 0.673 e. The lowest BCUT2D eigenvalue weighted by Gasteiger charge is -1.94. The highest BCUT2D eigenvalue weighted by Gasteiger charge is 2.20. The van der Waals surface area contributed by atoms with Crippen molar-refractivity contribution in [1.29, 1.82) is 5.26 Å². The predicted octanol–water partition coefficient (Wildman–Crippen LogP) is 1.08. The molecule has 0 atom stereocenters. The number of nitrogens with zero attached hydrogens (tertiary/aromatic N) is 3. The molecule has 0 unspecified atom stereocenters. The third-order valence-electron chi connectivity index (χ3n) is 0.956. The highest BCUT2D eigenvalue weighted by molar-refractivity contribution is 6.50. The Hall–Kier alpha value is -1.65. The highest BCUT2D eigenvalue weighted by atomic mass is 19.5. The Kier molecular flexibility index (Phi) is 4.56. The van der Waals surface area contributed by atoms with Crippen LogP contribution >= 0.6 is 0 Å². The molecule has 0 aliphatic heterocycles. The molecule has 0 aliphatic rings. The Morgan fingerprint density at radius 2 is 1.93 bits per heavy atom. The monoisotopic (exact) mass is 207 g/mol. The van der Waals surface area contributed by atoms with Crippen molar-refractivity contribution in [2.75, 3.05) is 0 Å². The Labute approximate surface area is 77.7 Å². The van der Waals surface area contributed by atoms with Crippen molar-refractivity contribution < 1.29 is 21.8 Å². The molecule has 0 aromatic carbocycles. The second-order valence-electron chi connectivity index (χ2n) is 2.21. The number of aromatic nitrogens is 2. The minimum atomic E-state index is -6.00. The summed E-state index contributed by atoms with van der Waals surface area (Å²) in [6.45, 7) is 0. The van der Waals surface area contributed by atoms with Crippen LogP contribution in [0.5, 0.6) is 0 Å². The topological polar surface area (TPSA) is 40.6 Å². The van der Waals surface area contributed by atoms with Gasteiger partial charge in [-0.25, -0.2) is 9.55 Å². The molecular formula is C6H6BF4N3. The van der Waals surface area contributed by atoms with Gasteiger partial charge in [0.15, 0.2) is 6.20 Å². The van der Waals surface area contributed by atoms with Crippen LogP contribution in [-0.2, 0) is 7.05 Å². The first-order valence-electron chi connectivity index (χ1n) is 3.41. The van der Waals surface area contributed by atoms with Gasteiger partial charge in [-0.3, -0.25) is 0 Å². The maximum atomic E-state index is 9.75. The molecule has 1 aromatic heterocycles. The normalized spacial score (nSPS) is 9.71. The SMILES string of the molecule is C[n+]1ccnc(C#N)c1.F[B-](F)(F)F. The second-order valence-corrected chi connectivity index (χ2v) is 2.21. The Morgan fingerprint density at radius 1 is 1.43 bits per heavy atom. The summed E-state index contributed by atoms with van der Waals surface area (Å²) in [6, 6.07) is 1.94. The van der Waals surface area contributed by atoms with Gasteiger partial charge in [0, 0.05) is 0 Å². The Bertz CT molecular complexity index is 327. The summed E-state index contributed by atoms with van der Waals surface area (Å²) in [5.41, 5.74) is 0.444. The van der Waals surface area contributed by atoms with E-state index in [1.54, 1.807) is 23.2 Å². The van der Waals surface area contributed by atoms with Crippen LogP contribution in [0, 0.1) is 11.3 Å². The lowest BCUT2D eigenvalue weighted by Crippen LogP contribution is -2.27. The quantitative estimate of drug-likeness (QED) is 0.362. The number of aryl methyl sites for hydroxylation is 1. The van der Waals surface area contributed by atoms with Crippen LogP contribution in [-0.4, -0.2) is 12.2 Å². The molecule has 1 aromatic rings. The molecule has 1 heterocycles. The number of rotatable bonds is 0. The molecule has 0 aliphatic carbocycles. The minimum Gasteiger partial charge on any atom is -0.418 e. The van der Waals surface area contributed by atoms with E-state index in [0.717, 1.165) is 0 Å². The minimum absolute atomic E-state index is 0.444. The van der Waals surface area contributed by atoms with E-state index in [9.17, 15) is 17.3 Å². The number of hydrogen-bond acceptors (Lipinski definition) is 2. The molecule has 8 heteroatoms. The van der Waals surface area contributed by atoms with Crippen LogP contribution in [0.3, 0.4) is 0 Å². The summed E-state index contributed by atoms with van der Waals surface area (Å²) in [5, 5.41) is 8.34. The van der Waals surface area contributed by atoms with Crippen molar-refractivity contribution in [2.24, 2.45) is 7.05 Å². The van der Waals surface area contributed by atoms with Crippen molar-refractivity contribution in [3.63, 3.8) is 0 Å². The summed E-state index contributed by atoms with van der Waals surface area (Å²) in [6.07, 6.45) is 5.04. The molecule has 0 saturated heterocycles. The van der Waals surface area contributed by atoms with Gasteiger partial charge in [-0.15, -0.1) is 0 Å². The average molecular weight is 207 g/mol. The van der Waals surface area contributed by atoms with Gasteiger partial charge in [0.05, 0.1) is 6.20 Å². The first kappa shape index (κ1) is 12.4. The van der Waals surface area contributed by atoms with Crippen molar-refractivity contribution >= 4 is 7.25 Å². The molecule has 0 fully saturated rings. The summed E-state index contributed by atoms with van der Waals surface area (Å²) in [4.78, 5) is 3.78. The van der Waals surface area contributed by atoms with E-state index in [0.29, 0.717) is 5.69 Å². The molecule has 0 spiro atoms. The fourth-order valence-corrected chi connectivity index (χ4v) is 0.546. The van der Waals surface area contributed by atoms with Crippen LogP contribution in [0.25, 0.3) is 0 Å². The van der Waals surface area contributed by atoms with Crippen LogP contribution in [0.4, 0.5) is 17.3 Å². The van der Waals surface area contributed by atoms with Crippen molar-refractivity contribution in [3.05, 3.63) is 24.3 Å². The second kappa shape index (κ2) is 5.16. The van der Waals surface area contributed by atoms with E-state index in [1.165, 1.54) is 0 Å². The molecule has 0 N–H and O–H groups in total. The van der Waals surface area contributed by atoms with Crippen LogP contribution < -0.4 is 4.57 Å². The molecule has 76 valence electrons. The first-order valence-corrected chi connectivity index (χ1v) is 3.41. The van der Waals surface area contributed by atoms with Crippen LogP contribution in [0.2, 0.25) is 0 Å². The fourth-order valence-electron chi connectivity index (χ4n) is 0.546. The fraction of sp³-hybridized carbons (Fsp3) is 0.167. The van der Waals surface area contributed by atoms with Gasteiger partial charge in [-0.05, 0) is 0 Å². The number of halogens is 4. The summed E-state index contributed by atoms with van der Waals surface area (Å²) >= 11 is 0. The molecule has 1 rings (SSSR count). The third-order valence-corrected chi connectivity index (χ3v) is 0.956. The lowest BCUT2D eigenvalue weighted by molar-refractivity contribution is -0.672. The Balaban J connectivity index is 0.000000292. The average Bonchev–Trinajstić information content (AvgIpc) is 2.01. The molecule has 0 bridgehead atoms. The van der Waals surface area contributed by atoms with Crippen molar-refractivity contribution in [1.82, 2.24) is 4.98 Å². The van der Waals surface area contributed by atoms with E-state index in [1.807, 2.05) is 13.1 Å². The zero-order valence-electron chi connectivity index (χ0n) is 7.16. The summed E-state index contributed by atoms with van der Waals surface area (Å²) in [5.74, 6) is 0. The van der Waals surface area contributed by atoms with E-state index < -0.39 is 7.25 Å². The van der Waals surface area contributed by atoms with Crippen molar-refractivity contribution in [2.45, 2.75) is 0 Å².